The van der Waals surface area contributed by atoms with Crippen LogP contribution in [0.3, 0.4) is 0 Å². The molecule has 5 heavy (non-hydrogen) atoms. The van der Waals surface area contributed by atoms with Crippen LogP contribution in [0.4, 0.5) is 0 Å². The van der Waals surface area contributed by atoms with Gasteiger partial charge >= 0.3 is 23.1 Å². The maximum atomic E-state index is 0. The van der Waals surface area contributed by atoms with Gasteiger partial charge in [0.1, 0.15) is 0 Å². The molecule has 0 aromatic carbocycles. The first-order valence-corrected chi connectivity index (χ1v) is 0. The second-order valence-electron chi connectivity index (χ2n) is 0. The smallest absolute Gasteiger partial charge is 0.316 e. The van der Waals surface area contributed by atoms with E-state index in [-0.39, 0.29) is 78.9 Å². The van der Waals surface area contributed by atoms with Crippen LogP contribution in [0.5, 0.6) is 0 Å². The molecule has 2 radical (unpaired) electrons. The van der Waals surface area contributed by atoms with E-state index in [1.165, 1.54) is 0 Å². The van der Waals surface area contributed by atoms with Crippen LogP contribution in [0, 0.1) is 0 Å². The summed E-state index contributed by atoms with van der Waals surface area (Å²) in [5, 5.41) is 0. The van der Waals surface area contributed by atoms with Gasteiger partial charge < -0.3 is 5.48 Å². The van der Waals surface area contributed by atoms with Gasteiger partial charge in [-0.1, -0.05) is 0 Å². The summed E-state index contributed by atoms with van der Waals surface area (Å²) in [7, 11) is 0. The standard InChI is InChI=1S/Co.Mg.Mn.Ni.H2O.2H/h;;;;1H2;;. The fourth-order valence-electron chi connectivity index (χ4n) is 0. The summed E-state index contributed by atoms with van der Waals surface area (Å²) in [6.07, 6.45) is 0. The third kappa shape index (κ3) is 22.3. The van der Waals surface area contributed by atoms with Crippen LogP contribution in [0.1, 0.15) is 0 Å². The molecule has 0 saturated heterocycles. The van der Waals surface area contributed by atoms with E-state index in [4.69, 9.17) is 0 Å². The van der Waals surface area contributed by atoms with Crippen molar-refractivity contribution in [2.75, 3.05) is 0 Å². The van der Waals surface area contributed by atoms with E-state index in [2.05, 4.69) is 0 Å². The monoisotopic (exact) mass is 216 g/mol. The molecule has 5 heteroatoms. The Kier molecular flexibility index (Phi) is 382. The van der Waals surface area contributed by atoms with E-state index >= 15 is 0 Å². The molecule has 2 N–H and O–H groups in total. The van der Waals surface area contributed by atoms with E-state index < -0.39 is 0 Å². The summed E-state index contributed by atoms with van der Waals surface area (Å²) < 4.78 is 0. The zero-order chi connectivity index (χ0) is 0. The minimum Gasteiger partial charge on any atom is -0.412 e. The van der Waals surface area contributed by atoms with E-state index in [0.29, 0.717) is 0 Å². The second kappa shape index (κ2) is 34.1. The van der Waals surface area contributed by atoms with Crippen molar-refractivity contribution in [3.05, 3.63) is 0 Å². The normalized spacial score (nSPS) is 0. The van der Waals surface area contributed by atoms with Crippen molar-refractivity contribution < 1.29 is 55.8 Å². The average Bonchev–Trinajstić information content (AvgIpc) is 0. The first-order chi connectivity index (χ1) is 0. The van der Waals surface area contributed by atoms with Gasteiger partial charge in [0.2, 0.25) is 0 Å². The summed E-state index contributed by atoms with van der Waals surface area (Å²) >= 11 is 0. The van der Waals surface area contributed by atoms with Crippen molar-refractivity contribution in [1.82, 2.24) is 0 Å². The molecular weight excluding hydrogens is 213 g/mol. The predicted octanol–water partition coefficient (Wildman–Crippen LogP) is -1.75. The summed E-state index contributed by atoms with van der Waals surface area (Å²) in [4.78, 5) is 0. The van der Waals surface area contributed by atoms with E-state index in [9.17, 15) is 0 Å². The fourth-order valence-corrected chi connectivity index (χ4v) is 0. The van der Waals surface area contributed by atoms with Crippen molar-refractivity contribution in [3.63, 3.8) is 0 Å². The fraction of sp³-hybridized carbons (Fsp3) is 0. The van der Waals surface area contributed by atoms with Gasteiger partial charge in [0, 0.05) is 50.3 Å². The van der Waals surface area contributed by atoms with Gasteiger partial charge in [0.25, 0.3) is 0 Å². The van der Waals surface area contributed by atoms with Crippen molar-refractivity contribution in [2.45, 2.75) is 0 Å². The third-order valence-corrected chi connectivity index (χ3v) is 0. The van der Waals surface area contributed by atoms with Gasteiger partial charge in [-0.25, -0.2) is 0 Å². The van der Waals surface area contributed by atoms with Gasteiger partial charge in [-0.2, -0.15) is 0 Å². The molecule has 0 amide bonds. The molecule has 0 saturated carbocycles. The van der Waals surface area contributed by atoms with Crippen LogP contribution in [-0.4, -0.2) is 28.5 Å². The maximum absolute atomic E-state index is 0. The van der Waals surface area contributed by atoms with Crippen LogP contribution < -0.4 is 0 Å². The largest absolute Gasteiger partial charge is 0.412 e. The molecule has 0 rings (SSSR count). The van der Waals surface area contributed by atoms with Gasteiger partial charge in [0.05, 0.1) is 0 Å². The van der Waals surface area contributed by atoms with Crippen LogP contribution in [0.2, 0.25) is 0 Å². The van der Waals surface area contributed by atoms with Gasteiger partial charge in [-0.15, -0.1) is 0 Å². The molecule has 0 aliphatic rings. The SMILES string of the molecule is O.[Co].[MgH2].[Mn].[Ni]. The quantitative estimate of drug-likeness (QED) is 0.431. The Morgan fingerprint density at radius 3 is 1.00 bits per heavy atom. The van der Waals surface area contributed by atoms with Gasteiger partial charge in [0.15, 0.2) is 0 Å². The minimum atomic E-state index is 0. The van der Waals surface area contributed by atoms with Crippen molar-refractivity contribution >= 4 is 23.1 Å². The van der Waals surface area contributed by atoms with Crippen molar-refractivity contribution in [3.8, 4) is 0 Å². The number of rotatable bonds is 0. The summed E-state index contributed by atoms with van der Waals surface area (Å²) in [6.45, 7) is 0. The average molecular weight is 217 g/mol. The van der Waals surface area contributed by atoms with Crippen molar-refractivity contribution in [1.29, 1.82) is 0 Å². The Hall–Kier alpha value is 2.25. The van der Waals surface area contributed by atoms with Crippen LogP contribution in [0.25, 0.3) is 0 Å². The minimum absolute atomic E-state index is 0. The molecule has 0 fully saturated rings. The summed E-state index contributed by atoms with van der Waals surface area (Å²) in [6, 6.07) is 0. The van der Waals surface area contributed by atoms with Crippen LogP contribution in [-0.2, 0) is 50.3 Å². The molecule has 0 heterocycles. The first-order valence-electron chi connectivity index (χ1n) is 0. The number of hydrogen-bond acceptors (Lipinski definition) is 0. The molecule has 0 atom stereocenters. The van der Waals surface area contributed by atoms with Crippen LogP contribution in [0.15, 0.2) is 0 Å². The molecule has 0 aliphatic carbocycles. The van der Waals surface area contributed by atoms with Gasteiger partial charge in [-0.3, -0.25) is 0 Å². The summed E-state index contributed by atoms with van der Waals surface area (Å²) in [5.41, 5.74) is 0. The molecule has 0 aliphatic heterocycles. The molecule has 0 bridgehead atoms. The Morgan fingerprint density at radius 2 is 1.00 bits per heavy atom. The topological polar surface area (TPSA) is 31.5 Å². The third-order valence-electron chi connectivity index (χ3n) is 0. The molecule has 1 nitrogen and oxygen atoms in total. The van der Waals surface area contributed by atoms with Crippen LogP contribution >= 0.6 is 0 Å². The van der Waals surface area contributed by atoms with Gasteiger partial charge in [-0.05, 0) is 0 Å². The molecule has 0 unspecified atom stereocenters. The molecule has 0 aromatic rings. The van der Waals surface area contributed by atoms with E-state index in [0.717, 1.165) is 0 Å². The Balaban J connectivity index is 0. The number of hydrogen-bond donors (Lipinski definition) is 0. The Morgan fingerprint density at radius 1 is 1.00 bits per heavy atom. The summed E-state index contributed by atoms with van der Waals surface area (Å²) in [5.74, 6) is 0. The molecule has 0 spiro atoms. The molecule has 0 aromatic heterocycles. The Labute approximate surface area is 78.1 Å². The molecular formula is H4CoMgMnNiO. The zero-order valence-corrected chi connectivity index (χ0v) is 4.74. The van der Waals surface area contributed by atoms with Crippen molar-refractivity contribution in [2.24, 2.45) is 0 Å². The molecule has 38 valence electrons. The zero-order valence-electron chi connectivity index (χ0n) is 1.53. The second-order valence-corrected chi connectivity index (χ2v) is 0. The first kappa shape index (κ1) is 56.0. The van der Waals surface area contributed by atoms with E-state index in [1.54, 1.807) is 0 Å². The predicted molar refractivity (Wildman–Crippen MR) is 12.2 cm³/mol. The maximum Gasteiger partial charge on any atom is 0.316 e. The Bertz CT molecular complexity index is 11.6. The van der Waals surface area contributed by atoms with E-state index in [1.807, 2.05) is 0 Å².